The first kappa shape index (κ1) is 25.0. The summed E-state index contributed by atoms with van der Waals surface area (Å²) in [6.45, 7) is 0.0279. The van der Waals surface area contributed by atoms with Gasteiger partial charge in [0.2, 0.25) is 12.7 Å². The van der Waals surface area contributed by atoms with Crippen LogP contribution in [0.3, 0.4) is 0 Å². The summed E-state index contributed by atoms with van der Waals surface area (Å²) in [4.78, 5) is 25.4. The molecular formula is C29H25F2NO7. The highest BCUT2D eigenvalue weighted by Crippen LogP contribution is 2.62. The number of alkyl halides is 2. The zero-order valence-electron chi connectivity index (χ0n) is 21.1. The SMILES string of the molecule is COC(=O)c1cccc([C@H]2C[C@@H](NC(=O)C3C(c4ccc5c(c4)OCO5)C3(F)F)c3cc(OC)ccc3O2)c1. The topological polar surface area (TPSA) is 92.3 Å². The molecule has 1 fully saturated rings. The van der Waals surface area contributed by atoms with Crippen molar-refractivity contribution in [2.45, 2.75) is 30.4 Å². The summed E-state index contributed by atoms with van der Waals surface area (Å²) in [5.74, 6) is -5.38. The van der Waals surface area contributed by atoms with Gasteiger partial charge in [0.15, 0.2) is 11.5 Å². The van der Waals surface area contributed by atoms with E-state index in [1.54, 1.807) is 48.5 Å². The Balaban J connectivity index is 1.27. The zero-order chi connectivity index (χ0) is 27.3. The fourth-order valence-corrected chi connectivity index (χ4v) is 5.34. The summed E-state index contributed by atoms with van der Waals surface area (Å²) >= 11 is 0. The average Bonchev–Trinajstić information content (AvgIpc) is 3.27. The third-order valence-corrected chi connectivity index (χ3v) is 7.40. The molecule has 10 heteroatoms. The molecule has 1 amide bonds. The predicted molar refractivity (Wildman–Crippen MR) is 133 cm³/mol. The fraction of sp³-hybridized carbons (Fsp3) is 0.310. The molecule has 3 aromatic rings. The number of esters is 1. The number of ether oxygens (including phenoxy) is 5. The second-order valence-corrected chi connectivity index (χ2v) is 9.67. The Morgan fingerprint density at radius 1 is 0.949 bits per heavy atom. The van der Waals surface area contributed by atoms with E-state index in [2.05, 4.69) is 5.32 Å². The molecule has 202 valence electrons. The fourth-order valence-electron chi connectivity index (χ4n) is 5.34. The Labute approximate surface area is 222 Å². The maximum Gasteiger partial charge on any atom is 0.337 e. The number of benzene rings is 3. The third-order valence-electron chi connectivity index (χ3n) is 7.40. The number of carbonyl (C=O) groups excluding carboxylic acids is 2. The summed E-state index contributed by atoms with van der Waals surface area (Å²) < 4.78 is 57.0. The Bertz CT molecular complexity index is 1460. The maximum atomic E-state index is 15.0. The Kier molecular flexibility index (Phi) is 6.05. The molecule has 0 bridgehead atoms. The Morgan fingerprint density at radius 3 is 2.54 bits per heavy atom. The monoisotopic (exact) mass is 537 g/mol. The summed E-state index contributed by atoms with van der Waals surface area (Å²) in [7, 11) is 2.81. The molecule has 2 unspecified atom stereocenters. The van der Waals surface area contributed by atoms with E-state index in [0.717, 1.165) is 0 Å². The van der Waals surface area contributed by atoms with E-state index in [9.17, 15) is 18.4 Å². The lowest BCUT2D eigenvalue weighted by Gasteiger charge is -2.33. The van der Waals surface area contributed by atoms with E-state index in [1.165, 1.54) is 26.4 Å². The van der Waals surface area contributed by atoms with E-state index in [4.69, 9.17) is 23.7 Å². The molecule has 1 N–H and O–H groups in total. The van der Waals surface area contributed by atoms with E-state index in [1.807, 2.05) is 0 Å². The lowest BCUT2D eigenvalue weighted by Crippen LogP contribution is -2.35. The van der Waals surface area contributed by atoms with Crippen LogP contribution in [-0.2, 0) is 9.53 Å². The van der Waals surface area contributed by atoms with Crippen LogP contribution in [0.1, 0.15) is 51.5 Å². The van der Waals surface area contributed by atoms with Crippen LogP contribution >= 0.6 is 0 Å². The summed E-state index contributed by atoms with van der Waals surface area (Å²) in [5.41, 5.74) is 1.97. The minimum absolute atomic E-state index is 0.0279. The highest BCUT2D eigenvalue weighted by molar-refractivity contribution is 5.89. The highest BCUT2D eigenvalue weighted by atomic mass is 19.3. The van der Waals surface area contributed by atoms with Crippen LogP contribution in [0, 0.1) is 5.92 Å². The molecule has 4 atom stereocenters. The van der Waals surface area contributed by atoms with Gasteiger partial charge >= 0.3 is 5.97 Å². The number of carbonyl (C=O) groups is 2. The second kappa shape index (κ2) is 9.44. The molecule has 2 aliphatic heterocycles. The number of halogens is 2. The highest BCUT2D eigenvalue weighted by Gasteiger charge is 2.72. The lowest BCUT2D eigenvalue weighted by molar-refractivity contribution is -0.125. The zero-order valence-corrected chi connectivity index (χ0v) is 21.1. The minimum Gasteiger partial charge on any atom is -0.497 e. The third kappa shape index (κ3) is 4.39. The number of rotatable bonds is 6. The molecule has 39 heavy (non-hydrogen) atoms. The summed E-state index contributed by atoms with van der Waals surface area (Å²) in [6.07, 6.45) is -0.297. The average molecular weight is 538 g/mol. The molecule has 0 saturated heterocycles. The minimum atomic E-state index is -3.21. The van der Waals surface area contributed by atoms with Gasteiger partial charge in [0.1, 0.15) is 23.5 Å². The van der Waals surface area contributed by atoms with Crippen LogP contribution in [0.2, 0.25) is 0 Å². The van der Waals surface area contributed by atoms with Crippen molar-refractivity contribution in [1.29, 1.82) is 0 Å². The van der Waals surface area contributed by atoms with Crippen LogP contribution in [-0.4, -0.2) is 38.8 Å². The number of nitrogens with one attached hydrogen (secondary N) is 1. The molecule has 1 saturated carbocycles. The molecule has 0 spiro atoms. The Morgan fingerprint density at radius 2 is 1.74 bits per heavy atom. The van der Waals surface area contributed by atoms with Crippen LogP contribution in [0.15, 0.2) is 60.7 Å². The van der Waals surface area contributed by atoms with Gasteiger partial charge in [-0.1, -0.05) is 18.2 Å². The first-order valence-electron chi connectivity index (χ1n) is 12.4. The van der Waals surface area contributed by atoms with Crippen molar-refractivity contribution >= 4 is 11.9 Å². The van der Waals surface area contributed by atoms with Gasteiger partial charge in [0.05, 0.1) is 31.7 Å². The van der Waals surface area contributed by atoms with Crippen LogP contribution in [0.4, 0.5) is 8.78 Å². The number of amides is 1. The molecule has 0 radical (unpaired) electrons. The van der Waals surface area contributed by atoms with Gasteiger partial charge in [0, 0.05) is 12.0 Å². The van der Waals surface area contributed by atoms with Gasteiger partial charge in [-0.2, -0.15) is 0 Å². The molecule has 8 nitrogen and oxygen atoms in total. The van der Waals surface area contributed by atoms with Gasteiger partial charge in [-0.3, -0.25) is 4.79 Å². The van der Waals surface area contributed by atoms with Crippen LogP contribution in [0.5, 0.6) is 23.0 Å². The van der Waals surface area contributed by atoms with E-state index in [0.29, 0.717) is 45.3 Å². The second-order valence-electron chi connectivity index (χ2n) is 9.67. The van der Waals surface area contributed by atoms with Crippen molar-refractivity contribution in [2.75, 3.05) is 21.0 Å². The van der Waals surface area contributed by atoms with Crippen LogP contribution in [0.25, 0.3) is 0 Å². The molecule has 6 rings (SSSR count). The Hall–Kier alpha value is -4.34. The van der Waals surface area contributed by atoms with Crippen molar-refractivity contribution in [3.8, 4) is 23.0 Å². The van der Waals surface area contributed by atoms with Gasteiger partial charge < -0.3 is 29.0 Å². The number of hydrogen-bond donors (Lipinski definition) is 1. The lowest BCUT2D eigenvalue weighted by atomic mass is 9.92. The van der Waals surface area contributed by atoms with Crippen molar-refractivity contribution in [1.82, 2.24) is 5.32 Å². The first-order valence-corrected chi connectivity index (χ1v) is 12.4. The van der Waals surface area contributed by atoms with E-state index in [-0.39, 0.29) is 13.2 Å². The van der Waals surface area contributed by atoms with Crippen molar-refractivity contribution in [2.24, 2.45) is 5.92 Å². The maximum absolute atomic E-state index is 15.0. The van der Waals surface area contributed by atoms with Gasteiger partial charge in [-0.25, -0.2) is 13.6 Å². The standard InChI is InChI=1S/C29H25F2NO7/c1-35-18-7-9-21-19(12-18)20(13-23(39-21)15-4-3-5-17(10-15)28(34)36-2)32-27(33)26-25(29(26,30)31)16-6-8-22-24(11-16)38-14-37-22/h3-12,20,23,25-26H,13-14H2,1-2H3,(H,32,33)/t20-,23-,25?,26?/m1/s1. The number of hydrogen-bond acceptors (Lipinski definition) is 7. The van der Waals surface area contributed by atoms with Crippen molar-refractivity contribution in [3.05, 3.63) is 82.9 Å². The summed E-state index contributed by atoms with van der Waals surface area (Å²) in [5, 5.41) is 2.84. The normalized spacial score (nSPS) is 23.7. The molecule has 0 aromatic heterocycles. The molecule has 3 aromatic carbocycles. The molecule has 3 aliphatic rings. The predicted octanol–water partition coefficient (Wildman–Crippen LogP) is 4.94. The smallest absolute Gasteiger partial charge is 0.337 e. The molecule has 1 aliphatic carbocycles. The largest absolute Gasteiger partial charge is 0.497 e. The van der Waals surface area contributed by atoms with E-state index >= 15 is 0 Å². The number of methoxy groups -OCH3 is 2. The van der Waals surface area contributed by atoms with E-state index < -0.39 is 41.8 Å². The van der Waals surface area contributed by atoms with Gasteiger partial charge in [0.25, 0.3) is 5.92 Å². The van der Waals surface area contributed by atoms with Gasteiger partial charge in [-0.05, 0) is 53.6 Å². The summed E-state index contributed by atoms with van der Waals surface area (Å²) in [6, 6.07) is 15.9. The van der Waals surface area contributed by atoms with Crippen molar-refractivity contribution < 1.29 is 42.1 Å². The molecule has 2 heterocycles. The quantitative estimate of drug-likeness (QED) is 0.446. The molecular weight excluding hydrogens is 512 g/mol. The first-order chi connectivity index (χ1) is 18.8. The van der Waals surface area contributed by atoms with Gasteiger partial charge in [-0.15, -0.1) is 0 Å². The number of fused-ring (bicyclic) bond motifs is 2. The van der Waals surface area contributed by atoms with Crippen molar-refractivity contribution in [3.63, 3.8) is 0 Å². The van der Waals surface area contributed by atoms with Crippen LogP contribution < -0.4 is 24.3 Å².